The largest absolute Gasteiger partial charge is 0.369 e. The molecule has 0 amide bonds. The van der Waals surface area contributed by atoms with Gasteiger partial charge in [-0.05, 0) is 6.07 Å². The summed E-state index contributed by atoms with van der Waals surface area (Å²) >= 11 is 0. The van der Waals surface area contributed by atoms with Crippen molar-refractivity contribution in [2.45, 2.75) is 13.2 Å². The normalized spacial score (nSPS) is 10.5. The number of nitrogens with one attached hydrogen (secondary N) is 1. The number of non-ortho nitro benzene ring substituents is 1. The van der Waals surface area contributed by atoms with Crippen molar-refractivity contribution in [1.82, 2.24) is 9.97 Å². The van der Waals surface area contributed by atoms with Crippen LogP contribution in [-0.2, 0) is 18.0 Å². The van der Waals surface area contributed by atoms with Crippen molar-refractivity contribution in [3.8, 4) is 0 Å². The van der Waals surface area contributed by atoms with Crippen LogP contribution < -0.4 is 0 Å². The maximum absolute atomic E-state index is 13.5. The van der Waals surface area contributed by atoms with Crippen LogP contribution in [0.5, 0.6) is 0 Å². The van der Waals surface area contributed by atoms with Crippen molar-refractivity contribution in [1.29, 1.82) is 0 Å². The summed E-state index contributed by atoms with van der Waals surface area (Å²) in [5, 5.41) is 10.4. The summed E-state index contributed by atoms with van der Waals surface area (Å²) in [4.78, 5) is 16.6. The zero-order chi connectivity index (χ0) is 13.0. The fourth-order valence-electron chi connectivity index (χ4n) is 1.40. The Morgan fingerprint density at radius 2 is 2.28 bits per heavy atom. The molecule has 2 aromatic rings. The lowest BCUT2D eigenvalue weighted by molar-refractivity contribution is -0.385. The van der Waals surface area contributed by atoms with E-state index in [-0.39, 0.29) is 24.5 Å². The van der Waals surface area contributed by atoms with Crippen LogP contribution in [0.1, 0.15) is 11.4 Å². The first-order chi connectivity index (χ1) is 8.66. The summed E-state index contributed by atoms with van der Waals surface area (Å²) in [7, 11) is 0. The highest BCUT2D eigenvalue weighted by Crippen LogP contribution is 2.17. The van der Waals surface area contributed by atoms with Gasteiger partial charge in [0.2, 0.25) is 0 Å². The first-order valence-electron chi connectivity index (χ1n) is 5.15. The molecule has 1 heterocycles. The molecule has 94 valence electrons. The van der Waals surface area contributed by atoms with Crippen LogP contribution in [0.2, 0.25) is 0 Å². The van der Waals surface area contributed by atoms with Crippen LogP contribution in [0.4, 0.5) is 10.1 Å². The third-order valence-electron chi connectivity index (χ3n) is 2.30. The second-order valence-electron chi connectivity index (χ2n) is 3.56. The van der Waals surface area contributed by atoms with Gasteiger partial charge in [0.1, 0.15) is 18.2 Å². The molecule has 0 saturated carbocycles. The molecule has 6 nitrogen and oxygen atoms in total. The first-order valence-corrected chi connectivity index (χ1v) is 5.15. The smallest absolute Gasteiger partial charge is 0.272 e. The maximum atomic E-state index is 13.5. The minimum Gasteiger partial charge on any atom is -0.369 e. The average Bonchev–Trinajstić information content (AvgIpc) is 2.84. The van der Waals surface area contributed by atoms with Crippen molar-refractivity contribution in [2.24, 2.45) is 0 Å². The lowest BCUT2D eigenvalue weighted by atomic mass is 10.2. The second-order valence-corrected chi connectivity index (χ2v) is 3.56. The Labute approximate surface area is 102 Å². The minimum absolute atomic E-state index is 0.0323. The molecule has 0 aliphatic carbocycles. The topological polar surface area (TPSA) is 81.1 Å². The van der Waals surface area contributed by atoms with Gasteiger partial charge in [0.15, 0.2) is 0 Å². The number of aromatic amines is 1. The zero-order valence-corrected chi connectivity index (χ0v) is 9.30. The number of ether oxygens (including phenoxy) is 1. The van der Waals surface area contributed by atoms with Crippen molar-refractivity contribution in [3.05, 3.63) is 57.9 Å². The standard InChI is InChI=1S/C11H10FN3O3/c12-10-5-9(15(16)17)2-1-8(10)6-18-7-11-13-3-4-14-11/h1-5H,6-7H2,(H,13,14). The molecule has 1 N–H and O–H groups in total. The van der Waals surface area contributed by atoms with Gasteiger partial charge in [0.25, 0.3) is 5.69 Å². The molecule has 0 aliphatic heterocycles. The second kappa shape index (κ2) is 5.37. The Morgan fingerprint density at radius 1 is 1.44 bits per heavy atom. The van der Waals surface area contributed by atoms with Gasteiger partial charge in [0, 0.05) is 24.0 Å². The quantitative estimate of drug-likeness (QED) is 0.652. The maximum Gasteiger partial charge on any atom is 0.272 e. The molecule has 0 radical (unpaired) electrons. The van der Waals surface area contributed by atoms with Crippen LogP contribution in [0, 0.1) is 15.9 Å². The highest BCUT2D eigenvalue weighted by molar-refractivity contribution is 5.33. The lowest BCUT2D eigenvalue weighted by Gasteiger charge is -2.04. The predicted octanol–water partition coefficient (Wildman–Crippen LogP) is 2.17. The van der Waals surface area contributed by atoms with E-state index in [0.717, 1.165) is 6.07 Å². The van der Waals surface area contributed by atoms with Gasteiger partial charge in [-0.2, -0.15) is 0 Å². The van der Waals surface area contributed by atoms with E-state index in [0.29, 0.717) is 5.82 Å². The number of hydrogen-bond acceptors (Lipinski definition) is 4. The molecule has 2 rings (SSSR count). The van der Waals surface area contributed by atoms with E-state index in [1.165, 1.54) is 12.1 Å². The van der Waals surface area contributed by atoms with Gasteiger partial charge in [-0.15, -0.1) is 0 Å². The Hall–Kier alpha value is -2.28. The third kappa shape index (κ3) is 2.89. The van der Waals surface area contributed by atoms with Crippen LogP contribution in [0.15, 0.2) is 30.6 Å². The van der Waals surface area contributed by atoms with Crippen molar-refractivity contribution < 1.29 is 14.1 Å². The van der Waals surface area contributed by atoms with E-state index in [4.69, 9.17) is 4.74 Å². The molecule has 0 saturated heterocycles. The van der Waals surface area contributed by atoms with Gasteiger partial charge >= 0.3 is 0 Å². The third-order valence-corrected chi connectivity index (χ3v) is 2.30. The monoisotopic (exact) mass is 251 g/mol. The molecule has 0 atom stereocenters. The number of hydrogen-bond donors (Lipinski definition) is 1. The molecule has 0 bridgehead atoms. The molecular weight excluding hydrogens is 241 g/mol. The molecule has 1 aromatic carbocycles. The lowest BCUT2D eigenvalue weighted by Crippen LogP contribution is -1.99. The summed E-state index contributed by atoms with van der Waals surface area (Å²) in [5.74, 6) is -0.0130. The number of aromatic nitrogens is 2. The molecule has 1 aromatic heterocycles. The van der Waals surface area contributed by atoms with E-state index >= 15 is 0 Å². The van der Waals surface area contributed by atoms with Gasteiger partial charge in [-0.25, -0.2) is 9.37 Å². The predicted molar refractivity (Wildman–Crippen MR) is 60.1 cm³/mol. The number of nitro groups is 1. The van der Waals surface area contributed by atoms with Crippen molar-refractivity contribution >= 4 is 5.69 Å². The summed E-state index contributed by atoms with van der Waals surface area (Å²) in [6.45, 7) is 0.258. The molecule has 0 spiro atoms. The van der Waals surface area contributed by atoms with Crippen LogP contribution in [0.25, 0.3) is 0 Å². The molecule has 0 fully saturated rings. The van der Waals surface area contributed by atoms with Gasteiger partial charge in [-0.3, -0.25) is 10.1 Å². The highest BCUT2D eigenvalue weighted by atomic mass is 19.1. The summed E-state index contributed by atoms with van der Waals surface area (Å²) in [5.41, 5.74) is -0.00515. The number of imidazole rings is 1. The zero-order valence-electron chi connectivity index (χ0n) is 9.30. The molecule has 0 aliphatic rings. The first kappa shape index (κ1) is 12.2. The fraction of sp³-hybridized carbons (Fsp3) is 0.182. The van der Waals surface area contributed by atoms with E-state index < -0.39 is 10.7 Å². The number of benzene rings is 1. The average molecular weight is 251 g/mol. The number of nitro benzene ring substituents is 1. The molecule has 18 heavy (non-hydrogen) atoms. The minimum atomic E-state index is -0.649. The van der Waals surface area contributed by atoms with E-state index in [1.807, 2.05) is 0 Å². The van der Waals surface area contributed by atoms with Crippen LogP contribution in [-0.4, -0.2) is 14.9 Å². The Bertz CT molecular complexity index is 542. The Morgan fingerprint density at radius 3 is 2.89 bits per heavy atom. The van der Waals surface area contributed by atoms with Crippen molar-refractivity contribution in [3.63, 3.8) is 0 Å². The van der Waals surface area contributed by atoms with Gasteiger partial charge in [0.05, 0.1) is 17.6 Å². The molecular formula is C11H10FN3O3. The van der Waals surface area contributed by atoms with Crippen LogP contribution in [0.3, 0.4) is 0 Å². The van der Waals surface area contributed by atoms with E-state index in [1.54, 1.807) is 12.4 Å². The Kier molecular flexibility index (Phi) is 3.63. The number of rotatable bonds is 5. The number of H-pyrrole nitrogens is 1. The highest BCUT2D eigenvalue weighted by Gasteiger charge is 2.10. The summed E-state index contributed by atoms with van der Waals surface area (Å²) < 4.78 is 18.7. The SMILES string of the molecule is O=[N+]([O-])c1ccc(COCc2ncc[nH]2)c(F)c1. The molecule has 7 heteroatoms. The summed E-state index contributed by atoms with van der Waals surface area (Å²) in [6.07, 6.45) is 3.25. The number of nitrogens with zero attached hydrogens (tertiary/aromatic N) is 2. The summed E-state index contributed by atoms with van der Waals surface area (Å²) in [6, 6.07) is 3.47. The van der Waals surface area contributed by atoms with Crippen LogP contribution >= 0.6 is 0 Å². The van der Waals surface area contributed by atoms with Crippen molar-refractivity contribution in [2.75, 3.05) is 0 Å². The number of halogens is 1. The van der Waals surface area contributed by atoms with E-state index in [9.17, 15) is 14.5 Å². The Balaban J connectivity index is 1.95. The van der Waals surface area contributed by atoms with E-state index in [2.05, 4.69) is 9.97 Å². The van der Waals surface area contributed by atoms with Gasteiger partial charge < -0.3 is 9.72 Å². The molecule has 0 unspecified atom stereocenters. The fourth-order valence-corrected chi connectivity index (χ4v) is 1.40. The van der Waals surface area contributed by atoms with Gasteiger partial charge in [-0.1, -0.05) is 0 Å².